The molecule has 2 heterocycles. The van der Waals surface area contributed by atoms with Crippen molar-refractivity contribution >= 4 is 28.9 Å². The van der Waals surface area contributed by atoms with Crippen LogP contribution in [0.15, 0.2) is 36.4 Å². The molecule has 1 fully saturated rings. The van der Waals surface area contributed by atoms with E-state index in [0.717, 1.165) is 25.1 Å². The quantitative estimate of drug-likeness (QED) is 0.780. The van der Waals surface area contributed by atoms with E-state index in [1.807, 2.05) is 26.0 Å². The SMILES string of the molecule is CCOc1ccc(OCC)c(NC(=O)c2ccc3c(c2)NC(=O)[C@@H]2CCCN32)c1. The fraction of sp³-hybridized carbons (Fsp3) is 0.364. The van der Waals surface area contributed by atoms with Crippen molar-refractivity contribution in [1.29, 1.82) is 0 Å². The first kappa shape index (κ1) is 19.1. The van der Waals surface area contributed by atoms with Crippen LogP contribution in [-0.4, -0.2) is 37.6 Å². The number of amides is 2. The number of hydrogen-bond donors (Lipinski definition) is 2. The van der Waals surface area contributed by atoms with E-state index < -0.39 is 0 Å². The van der Waals surface area contributed by atoms with Crippen molar-refractivity contribution < 1.29 is 19.1 Å². The van der Waals surface area contributed by atoms with Gasteiger partial charge in [0.05, 0.1) is 30.3 Å². The Kier molecular flexibility index (Phi) is 5.29. The highest BCUT2D eigenvalue weighted by Gasteiger charge is 2.36. The molecule has 1 saturated heterocycles. The van der Waals surface area contributed by atoms with E-state index in [0.29, 0.717) is 41.7 Å². The molecule has 0 bridgehead atoms. The number of nitrogens with one attached hydrogen (secondary N) is 2. The zero-order valence-electron chi connectivity index (χ0n) is 16.7. The van der Waals surface area contributed by atoms with Crippen molar-refractivity contribution in [2.24, 2.45) is 0 Å². The number of carbonyl (C=O) groups is 2. The normalized spacial score (nSPS) is 17.2. The molecule has 152 valence electrons. The molecule has 0 spiro atoms. The Morgan fingerprint density at radius 1 is 1.17 bits per heavy atom. The van der Waals surface area contributed by atoms with E-state index >= 15 is 0 Å². The lowest BCUT2D eigenvalue weighted by Gasteiger charge is -2.33. The molecule has 0 saturated carbocycles. The lowest BCUT2D eigenvalue weighted by atomic mass is 10.1. The van der Waals surface area contributed by atoms with E-state index in [2.05, 4.69) is 15.5 Å². The highest BCUT2D eigenvalue weighted by Crippen LogP contribution is 2.37. The van der Waals surface area contributed by atoms with Crippen molar-refractivity contribution in [1.82, 2.24) is 0 Å². The first-order chi connectivity index (χ1) is 14.1. The van der Waals surface area contributed by atoms with Crippen LogP contribution in [0, 0.1) is 0 Å². The Morgan fingerprint density at radius 2 is 2.00 bits per heavy atom. The average molecular weight is 395 g/mol. The highest BCUT2D eigenvalue weighted by molar-refractivity contribution is 6.09. The zero-order valence-corrected chi connectivity index (χ0v) is 16.7. The Morgan fingerprint density at radius 3 is 2.79 bits per heavy atom. The summed E-state index contributed by atoms with van der Waals surface area (Å²) in [7, 11) is 0. The molecule has 0 aliphatic carbocycles. The standard InChI is InChI=1S/C22H25N3O4/c1-3-28-15-8-10-20(29-4-2)17(13-15)24-21(26)14-7-9-18-16(12-14)23-22(27)19-6-5-11-25(18)19/h7-10,12-13,19H,3-6,11H2,1-2H3,(H,23,27)(H,24,26)/t19-/m0/s1. The largest absolute Gasteiger partial charge is 0.494 e. The van der Waals surface area contributed by atoms with Gasteiger partial charge in [0.15, 0.2) is 0 Å². The van der Waals surface area contributed by atoms with Gasteiger partial charge in [0, 0.05) is 18.2 Å². The summed E-state index contributed by atoms with van der Waals surface area (Å²) in [6.45, 7) is 5.67. The number of fused-ring (bicyclic) bond motifs is 3. The molecule has 2 aromatic rings. The van der Waals surface area contributed by atoms with Gasteiger partial charge in [0.2, 0.25) is 5.91 Å². The molecule has 1 atom stereocenters. The van der Waals surface area contributed by atoms with Crippen LogP contribution in [-0.2, 0) is 4.79 Å². The summed E-state index contributed by atoms with van der Waals surface area (Å²) in [5.74, 6) is 0.954. The van der Waals surface area contributed by atoms with Gasteiger partial charge in [0.25, 0.3) is 5.91 Å². The number of ether oxygens (including phenoxy) is 2. The Bertz CT molecular complexity index is 944. The monoisotopic (exact) mass is 395 g/mol. The third-order valence-corrected chi connectivity index (χ3v) is 5.19. The lowest BCUT2D eigenvalue weighted by Crippen LogP contribution is -2.43. The van der Waals surface area contributed by atoms with Crippen LogP contribution in [0.5, 0.6) is 11.5 Å². The van der Waals surface area contributed by atoms with Crippen LogP contribution in [0.4, 0.5) is 17.1 Å². The summed E-state index contributed by atoms with van der Waals surface area (Å²) in [6, 6.07) is 10.7. The van der Waals surface area contributed by atoms with E-state index in [1.54, 1.807) is 24.3 Å². The first-order valence-electron chi connectivity index (χ1n) is 10.0. The minimum absolute atomic E-state index is 0.00407. The van der Waals surface area contributed by atoms with Crippen LogP contribution in [0.25, 0.3) is 0 Å². The maximum atomic E-state index is 12.9. The minimum Gasteiger partial charge on any atom is -0.494 e. The number of anilines is 3. The van der Waals surface area contributed by atoms with Crippen LogP contribution >= 0.6 is 0 Å². The third kappa shape index (κ3) is 3.72. The smallest absolute Gasteiger partial charge is 0.255 e. The minimum atomic E-state index is -0.278. The maximum Gasteiger partial charge on any atom is 0.255 e. The van der Waals surface area contributed by atoms with Crippen molar-refractivity contribution in [2.45, 2.75) is 32.7 Å². The second-order valence-corrected chi connectivity index (χ2v) is 7.05. The predicted molar refractivity (Wildman–Crippen MR) is 112 cm³/mol. The molecule has 2 aliphatic heterocycles. The number of carbonyl (C=O) groups excluding carboxylic acids is 2. The molecular formula is C22H25N3O4. The molecule has 7 heteroatoms. The molecule has 0 radical (unpaired) electrons. The van der Waals surface area contributed by atoms with Crippen molar-refractivity contribution in [3.8, 4) is 11.5 Å². The van der Waals surface area contributed by atoms with Crippen molar-refractivity contribution in [2.75, 3.05) is 35.3 Å². The molecule has 0 unspecified atom stereocenters. The summed E-state index contributed by atoms with van der Waals surface area (Å²) in [6.07, 6.45) is 1.86. The van der Waals surface area contributed by atoms with E-state index in [1.165, 1.54) is 0 Å². The summed E-state index contributed by atoms with van der Waals surface area (Å²) >= 11 is 0. The van der Waals surface area contributed by atoms with Gasteiger partial charge in [-0.2, -0.15) is 0 Å². The van der Waals surface area contributed by atoms with Crippen LogP contribution in [0.3, 0.4) is 0 Å². The van der Waals surface area contributed by atoms with Gasteiger partial charge in [-0.1, -0.05) is 0 Å². The Labute approximate surface area is 170 Å². The molecule has 2 N–H and O–H groups in total. The maximum absolute atomic E-state index is 12.9. The van der Waals surface area contributed by atoms with E-state index in [-0.39, 0.29) is 17.9 Å². The van der Waals surface area contributed by atoms with Crippen LogP contribution in [0.1, 0.15) is 37.0 Å². The van der Waals surface area contributed by atoms with Gasteiger partial charge in [-0.25, -0.2) is 0 Å². The summed E-state index contributed by atoms with van der Waals surface area (Å²) in [4.78, 5) is 27.4. The fourth-order valence-electron chi connectivity index (χ4n) is 3.91. The average Bonchev–Trinajstić information content (AvgIpc) is 3.21. The van der Waals surface area contributed by atoms with Crippen LogP contribution < -0.4 is 25.0 Å². The molecule has 7 nitrogen and oxygen atoms in total. The number of rotatable bonds is 6. The molecule has 2 aliphatic rings. The molecule has 2 aromatic carbocycles. The number of hydrogen-bond acceptors (Lipinski definition) is 5. The number of benzene rings is 2. The molecule has 2 amide bonds. The summed E-state index contributed by atoms with van der Waals surface area (Å²) in [5, 5.41) is 5.85. The molecule has 4 rings (SSSR count). The lowest BCUT2D eigenvalue weighted by molar-refractivity contribution is -0.117. The van der Waals surface area contributed by atoms with Gasteiger partial charge in [-0.3, -0.25) is 9.59 Å². The fourth-order valence-corrected chi connectivity index (χ4v) is 3.91. The van der Waals surface area contributed by atoms with Gasteiger partial charge < -0.3 is 25.0 Å². The van der Waals surface area contributed by atoms with Crippen LogP contribution in [0.2, 0.25) is 0 Å². The second kappa shape index (κ2) is 8.03. The van der Waals surface area contributed by atoms with Gasteiger partial charge in [-0.05, 0) is 57.0 Å². The Hall–Kier alpha value is -3.22. The highest BCUT2D eigenvalue weighted by atomic mass is 16.5. The topological polar surface area (TPSA) is 79.9 Å². The predicted octanol–water partition coefficient (Wildman–Crippen LogP) is 3.66. The summed E-state index contributed by atoms with van der Waals surface area (Å²) < 4.78 is 11.2. The van der Waals surface area contributed by atoms with Crippen molar-refractivity contribution in [3.63, 3.8) is 0 Å². The van der Waals surface area contributed by atoms with E-state index in [9.17, 15) is 9.59 Å². The van der Waals surface area contributed by atoms with Crippen molar-refractivity contribution in [3.05, 3.63) is 42.0 Å². The molecule has 29 heavy (non-hydrogen) atoms. The van der Waals surface area contributed by atoms with E-state index in [4.69, 9.17) is 9.47 Å². The first-order valence-corrected chi connectivity index (χ1v) is 10.0. The third-order valence-electron chi connectivity index (χ3n) is 5.19. The zero-order chi connectivity index (χ0) is 20.4. The Balaban J connectivity index is 1.59. The number of nitrogens with zero attached hydrogens (tertiary/aromatic N) is 1. The molecule has 0 aromatic heterocycles. The summed E-state index contributed by atoms with van der Waals surface area (Å²) in [5.41, 5.74) is 2.65. The second-order valence-electron chi connectivity index (χ2n) is 7.05. The van der Waals surface area contributed by atoms with Gasteiger partial charge >= 0.3 is 0 Å². The van der Waals surface area contributed by atoms with Gasteiger partial charge in [0.1, 0.15) is 17.5 Å². The van der Waals surface area contributed by atoms with Gasteiger partial charge in [-0.15, -0.1) is 0 Å². The molecular weight excluding hydrogens is 370 g/mol.